The number of hydrogen-bond acceptors (Lipinski definition) is 10. The highest BCUT2D eigenvalue weighted by molar-refractivity contribution is 7.91. The molecule has 0 saturated carbocycles. The summed E-state index contributed by atoms with van der Waals surface area (Å²) in [5, 5.41) is 11.1. The van der Waals surface area contributed by atoms with Crippen LogP contribution in [0.25, 0.3) is 22.9 Å². The maximum Gasteiger partial charge on any atom is 0.422 e. The van der Waals surface area contributed by atoms with Crippen LogP contribution in [0.2, 0.25) is 0 Å². The third kappa shape index (κ3) is 4.88. The van der Waals surface area contributed by atoms with E-state index in [1.165, 1.54) is 17.0 Å². The molecule has 0 spiro atoms. The van der Waals surface area contributed by atoms with Crippen LogP contribution < -0.4 is 14.8 Å². The lowest BCUT2D eigenvalue weighted by atomic mass is 9.87. The average Bonchev–Trinajstić information content (AvgIpc) is 3.59. The lowest BCUT2D eigenvalue weighted by Gasteiger charge is -2.19. The van der Waals surface area contributed by atoms with Crippen molar-refractivity contribution in [3.8, 4) is 22.9 Å². The van der Waals surface area contributed by atoms with Crippen molar-refractivity contribution in [2.75, 3.05) is 17.1 Å². The van der Waals surface area contributed by atoms with Gasteiger partial charge in [0.05, 0.1) is 30.3 Å². The zero-order valence-corrected chi connectivity index (χ0v) is 21.5. The van der Waals surface area contributed by atoms with Gasteiger partial charge in [0.2, 0.25) is 5.91 Å². The van der Waals surface area contributed by atoms with E-state index in [2.05, 4.69) is 35.0 Å². The van der Waals surface area contributed by atoms with E-state index in [1.54, 1.807) is 48.9 Å². The Kier molecular flexibility index (Phi) is 6.26. The number of nitrogens with zero attached hydrogens (tertiary/aromatic N) is 5. The summed E-state index contributed by atoms with van der Waals surface area (Å²) in [7, 11) is -3.51. The van der Waals surface area contributed by atoms with E-state index in [-0.39, 0.29) is 35.3 Å². The number of carbonyl (C=O) groups is 2. The van der Waals surface area contributed by atoms with Gasteiger partial charge in [0.15, 0.2) is 11.6 Å². The SMILES string of the molecule is COC(=O)NS(=O)(=O)Nc1nc(-c2cc(-c3ccon3)n(Cc3ccccc3F)n2)nc2c1C(C)(C)C(=O)N2. The first-order chi connectivity index (χ1) is 18.5. The van der Waals surface area contributed by atoms with Gasteiger partial charge in [-0.3, -0.25) is 9.48 Å². The molecular weight excluding hydrogens is 535 g/mol. The van der Waals surface area contributed by atoms with Crippen molar-refractivity contribution in [3.63, 3.8) is 0 Å². The molecule has 2 amide bonds. The van der Waals surface area contributed by atoms with Gasteiger partial charge in [0.1, 0.15) is 29.3 Å². The van der Waals surface area contributed by atoms with Crippen LogP contribution >= 0.6 is 0 Å². The molecule has 0 radical (unpaired) electrons. The second kappa shape index (κ2) is 9.46. The summed E-state index contributed by atoms with van der Waals surface area (Å²) in [5.74, 6) is -1.16. The number of carbonyl (C=O) groups excluding carboxylic acids is 2. The summed E-state index contributed by atoms with van der Waals surface area (Å²) < 4.78 is 54.2. The van der Waals surface area contributed by atoms with Crippen molar-refractivity contribution >= 4 is 33.8 Å². The fourth-order valence-corrected chi connectivity index (χ4v) is 4.75. The number of fused-ring (bicyclic) bond motifs is 1. The molecule has 4 heterocycles. The fraction of sp³-hybridized carbons (Fsp3) is 0.217. The van der Waals surface area contributed by atoms with Crippen molar-refractivity contribution in [2.45, 2.75) is 25.8 Å². The molecule has 3 aromatic heterocycles. The number of benzene rings is 1. The zero-order valence-electron chi connectivity index (χ0n) is 20.7. The summed E-state index contributed by atoms with van der Waals surface area (Å²) in [5.41, 5.74) is 0.283. The number of rotatable bonds is 7. The van der Waals surface area contributed by atoms with Gasteiger partial charge in [0, 0.05) is 11.6 Å². The molecule has 0 atom stereocenters. The second-order valence-corrected chi connectivity index (χ2v) is 10.4. The minimum absolute atomic E-state index is 0.0200. The van der Waals surface area contributed by atoms with Crippen LogP contribution in [0.3, 0.4) is 0 Å². The van der Waals surface area contributed by atoms with E-state index < -0.39 is 33.4 Å². The van der Waals surface area contributed by atoms with Crippen LogP contribution in [-0.4, -0.2) is 52.4 Å². The Morgan fingerprint density at radius 1 is 1.21 bits per heavy atom. The van der Waals surface area contributed by atoms with Crippen LogP contribution in [0.4, 0.5) is 20.8 Å². The molecule has 4 aromatic rings. The molecule has 0 aliphatic carbocycles. The molecule has 14 nitrogen and oxygen atoms in total. The van der Waals surface area contributed by atoms with Gasteiger partial charge < -0.3 is 14.6 Å². The number of methoxy groups -OCH3 is 1. The normalized spacial score (nSPS) is 14.0. The summed E-state index contributed by atoms with van der Waals surface area (Å²) in [6.07, 6.45) is 0.131. The number of aromatic nitrogens is 5. The van der Waals surface area contributed by atoms with Crippen molar-refractivity contribution in [2.24, 2.45) is 0 Å². The van der Waals surface area contributed by atoms with Crippen molar-refractivity contribution in [1.82, 2.24) is 29.6 Å². The van der Waals surface area contributed by atoms with Crippen LogP contribution in [0.1, 0.15) is 25.0 Å². The minimum atomic E-state index is -4.51. The molecule has 1 aliphatic heterocycles. The first-order valence-corrected chi connectivity index (χ1v) is 12.8. The Bertz CT molecular complexity index is 1700. The molecule has 202 valence electrons. The third-order valence-corrected chi connectivity index (χ3v) is 6.85. The maximum atomic E-state index is 14.4. The quantitative estimate of drug-likeness (QED) is 0.305. The molecule has 1 aliphatic rings. The number of anilines is 2. The molecule has 3 N–H and O–H groups in total. The zero-order chi connectivity index (χ0) is 27.9. The second-order valence-electron chi connectivity index (χ2n) is 8.95. The van der Waals surface area contributed by atoms with Gasteiger partial charge in [-0.1, -0.05) is 23.4 Å². The number of nitrogens with one attached hydrogen (secondary N) is 3. The Hall–Kier alpha value is -4.86. The molecule has 0 saturated heterocycles. The molecule has 5 rings (SSSR count). The van der Waals surface area contributed by atoms with E-state index in [0.29, 0.717) is 17.0 Å². The fourth-order valence-electron chi connectivity index (χ4n) is 4.00. The van der Waals surface area contributed by atoms with Crippen LogP contribution in [0.5, 0.6) is 0 Å². The summed E-state index contributed by atoms with van der Waals surface area (Å²) >= 11 is 0. The molecule has 0 unspecified atom stereocenters. The van der Waals surface area contributed by atoms with Crippen molar-refractivity contribution < 1.29 is 31.7 Å². The Morgan fingerprint density at radius 3 is 2.67 bits per heavy atom. The van der Waals surface area contributed by atoms with Crippen molar-refractivity contribution in [1.29, 1.82) is 0 Å². The highest BCUT2D eigenvalue weighted by atomic mass is 32.2. The van der Waals surface area contributed by atoms with E-state index in [0.717, 1.165) is 7.11 Å². The van der Waals surface area contributed by atoms with Gasteiger partial charge in [-0.2, -0.15) is 13.5 Å². The monoisotopic (exact) mass is 556 g/mol. The van der Waals surface area contributed by atoms with E-state index >= 15 is 0 Å². The molecule has 39 heavy (non-hydrogen) atoms. The number of ether oxygens (including phenoxy) is 1. The molecule has 0 fully saturated rings. The Labute approximate surface area is 220 Å². The molecule has 1 aromatic carbocycles. The predicted molar refractivity (Wildman–Crippen MR) is 134 cm³/mol. The summed E-state index contributed by atoms with van der Waals surface area (Å²) in [6.45, 7) is 3.15. The third-order valence-electron chi connectivity index (χ3n) is 5.96. The lowest BCUT2D eigenvalue weighted by Crippen LogP contribution is -2.36. The molecular formula is C23H21FN8O6S. The highest BCUT2D eigenvalue weighted by Crippen LogP contribution is 2.41. The van der Waals surface area contributed by atoms with E-state index in [4.69, 9.17) is 4.52 Å². The van der Waals surface area contributed by atoms with Crippen LogP contribution in [0, 0.1) is 5.82 Å². The van der Waals surface area contributed by atoms with Crippen LogP contribution in [0.15, 0.2) is 47.2 Å². The summed E-state index contributed by atoms with van der Waals surface area (Å²) in [4.78, 5) is 33.0. The number of amides is 2. The van der Waals surface area contributed by atoms with Gasteiger partial charge in [-0.25, -0.2) is 28.6 Å². The number of halogens is 1. The predicted octanol–water partition coefficient (Wildman–Crippen LogP) is 2.42. The van der Waals surface area contributed by atoms with E-state index in [9.17, 15) is 22.4 Å². The smallest absolute Gasteiger partial charge is 0.422 e. The Balaban J connectivity index is 1.63. The lowest BCUT2D eigenvalue weighted by molar-refractivity contribution is -0.119. The average molecular weight is 557 g/mol. The van der Waals surface area contributed by atoms with E-state index in [1.807, 2.05) is 0 Å². The first-order valence-electron chi connectivity index (χ1n) is 11.3. The highest BCUT2D eigenvalue weighted by Gasteiger charge is 2.43. The minimum Gasteiger partial charge on any atom is -0.452 e. The van der Waals surface area contributed by atoms with Gasteiger partial charge in [0.25, 0.3) is 0 Å². The first kappa shape index (κ1) is 25.8. The summed E-state index contributed by atoms with van der Waals surface area (Å²) in [6, 6.07) is 9.33. The van der Waals surface area contributed by atoms with Crippen LogP contribution in [-0.2, 0) is 31.7 Å². The van der Waals surface area contributed by atoms with Gasteiger partial charge >= 0.3 is 16.3 Å². The van der Waals surface area contributed by atoms with Gasteiger partial charge in [-0.05, 0) is 26.0 Å². The largest absolute Gasteiger partial charge is 0.452 e. The topological polar surface area (TPSA) is 183 Å². The number of hydrogen-bond donors (Lipinski definition) is 3. The molecule has 16 heteroatoms. The maximum absolute atomic E-state index is 14.4. The standard InChI is InChI=1S/C23H21FN8O6S/c1-23(2)17-19(27-21(23)33)25-18(26-20(17)30-39(35,36)31-22(34)37-3)15-10-16(14-8-9-38-29-14)32(28-15)11-12-6-4-5-7-13(12)24/h4-10H,11H2,1-3H3,(H,31,34)(H2,25,26,27,30,33). The van der Waals surface area contributed by atoms with Crippen molar-refractivity contribution in [3.05, 3.63) is 59.6 Å². The Morgan fingerprint density at radius 2 is 1.97 bits per heavy atom. The van der Waals surface area contributed by atoms with Gasteiger partial charge in [-0.15, -0.1) is 0 Å². The molecule has 0 bridgehead atoms.